The lowest BCUT2D eigenvalue weighted by molar-refractivity contribution is -0.148. The van der Waals surface area contributed by atoms with Gasteiger partial charge in [0.15, 0.2) is 0 Å². The molecule has 29 heavy (non-hydrogen) atoms. The first-order valence-electron chi connectivity index (χ1n) is 10.2. The van der Waals surface area contributed by atoms with E-state index in [0.717, 1.165) is 12.0 Å². The van der Waals surface area contributed by atoms with E-state index in [-0.39, 0.29) is 31.1 Å². The molecule has 2 rings (SSSR count). The zero-order valence-corrected chi connectivity index (χ0v) is 16.7. The van der Waals surface area contributed by atoms with Gasteiger partial charge < -0.3 is 31.9 Å². The molecule has 1 fully saturated rings. The summed E-state index contributed by atoms with van der Waals surface area (Å²) in [5.41, 5.74) is 11.9. The molecule has 0 unspecified atom stereocenters. The Kier molecular flexibility index (Phi) is 8.64. The normalized spacial score (nSPS) is 25.2. The monoisotopic (exact) mass is 405 g/mol. The number of benzene rings is 1. The Bertz CT molecular complexity index is 675. The molecule has 1 amide bonds. The summed E-state index contributed by atoms with van der Waals surface area (Å²) in [6.45, 7) is 0.163. The molecule has 0 radical (unpaired) electrons. The first-order valence-corrected chi connectivity index (χ1v) is 10.2. The lowest BCUT2D eigenvalue weighted by Crippen LogP contribution is -2.60. The van der Waals surface area contributed by atoms with E-state index < -0.39 is 30.6 Å². The van der Waals surface area contributed by atoms with Gasteiger partial charge >= 0.3 is 13.1 Å². The van der Waals surface area contributed by atoms with Crippen LogP contribution in [0.4, 0.5) is 0 Å². The van der Waals surface area contributed by atoms with Crippen molar-refractivity contribution >= 4 is 19.0 Å². The summed E-state index contributed by atoms with van der Waals surface area (Å²) in [6.07, 6.45) is 3.42. The standard InChI is InChI=1S/C20H32BN3O5/c22-17(9-7-14-4-2-1-3-5-14)18(25)24-13-16-8-6-15(10-11-21(28)29)12-20(16,23)19(26)27/h1-5,15-17,28-29H,6-13,22-23H2,(H,24,25)(H,26,27)/t15-,16-,17-,20+/m0/s1. The fourth-order valence-electron chi connectivity index (χ4n) is 4.07. The molecule has 1 aliphatic carbocycles. The number of carboxylic acids is 1. The number of aliphatic carboxylic acids is 1. The highest BCUT2D eigenvalue weighted by Gasteiger charge is 2.47. The molecule has 1 aromatic carbocycles. The Hall–Kier alpha value is -1.94. The lowest BCUT2D eigenvalue weighted by atomic mass is 9.66. The van der Waals surface area contributed by atoms with Crippen LogP contribution < -0.4 is 16.8 Å². The summed E-state index contributed by atoms with van der Waals surface area (Å²) < 4.78 is 0. The van der Waals surface area contributed by atoms with Gasteiger partial charge in [-0.1, -0.05) is 36.8 Å². The zero-order chi connectivity index (χ0) is 21.4. The molecule has 1 aromatic rings. The minimum Gasteiger partial charge on any atom is -0.480 e. The van der Waals surface area contributed by atoms with E-state index >= 15 is 0 Å². The number of carbonyl (C=O) groups excluding carboxylic acids is 1. The average molecular weight is 405 g/mol. The fraction of sp³-hybridized carbons (Fsp3) is 0.600. The van der Waals surface area contributed by atoms with Crippen LogP contribution in [0.1, 0.15) is 37.7 Å². The molecule has 0 aliphatic heterocycles. The predicted molar refractivity (Wildman–Crippen MR) is 111 cm³/mol. The van der Waals surface area contributed by atoms with Crippen LogP contribution in [0.15, 0.2) is 30.3 Å². The molecule has 9 heteroatoms. The third-order valence-electron chi connectivity index (χ3n) is 5.96. The van der Waals surface area contributed by atoms with Crippen LogP contribution in [0.5, 0.6) is 0 Å². The Balaban J connectivity index is 1.85. The van der Waals surface area contributed by atoms with Crippen molar-refractivity contribution in [2.24, 2.45) is 23.3 Å². The molecule has 160 valence electrons. The van der Waals surface area contributed by atoms with Crippen molar-refractivity contribution in [3.05, 3.63) is 35.9 Å². The van der Waals surface area contributed by atoms with E-state index in [2.05, 4.69) is 5.32 Å². The molecular formula is C20H32BN3O5. The van der Waals surface area contributed by atoms with Crippen LogP contribution in [0.2, 0.25) is 6.32 Å². The van der Waals surface area contributed by atoms with Crippen molar-refractivity contribution < 1.29 is 24.7 Å². The summed E-state index contributed by atoms with van der Waals surface area (Å²) >= 11 is 0. The maximum atomic E-state index is 12.3. The van der Waals surface area contributed by atoms with Gasteiger partial charge in [-0.2, -0.15) is 0 Å². The Morgan fingerprint density at radius 1 is 1.24 bits per heavy atom. The molecule has 0 spiro atoms. The van der Waals surface area contributed by atoms with Crippen LogP contribution in [-0.4, -0.2) is 52.3 Å². The van der Waals surface area contributed by atoms with Crippen molar-refractivity contribution in [3.8, 4) is 0 Å². The highest BCUT2D eigenvalue weighted by molar-refractivity contribution is 6.40. The van der Waals surface area contributed by atoms with E-state index in [0.29, 0.717) is 25.7 Å². The largest absolute Gasteiger partial charge is 0.480 e. The average Bonchev–Trinajstić information content (AvgIpc) is 2.70. The summed E-state index contributed by atoms with van der Waals surface area (Å²) in [5.74, 6) is -1.79. The number of hydrogen-bond donors (Lipinski definition) is 6. The van der Waals surface area contributed by atoms with E-state index in [9.17, 15) is 14.7 Å². The molecule has 0 bridgehead atoms. The van der Waals surface area contributed by atoms with Crippen molar-refractivity contribution in [2.75, 3.05) is 6.54 Å². The van der Waals surface area contributed by atoms with Gasteiger partial charge in [0.2, 0.25) is 5.91 Å². The predicted octanol–water partition coefficient (Wildman–Crippen LogP) is 0.124. The third-order valence-corrected chi connectivity index (χ3v) is 5.96. The second-order valence-electron chi connectivity index (χ2n) is 8.12. The summed E-state index contributed by atoms with van der Waals surface area (Å²) in [7, 11) is -1.40. The second-order valence-corrected chi connectivity index (χ2v) is 8.12. The number of carboxylic acid groups (broad SMARTS) is 1. The van der Waals surface area contributed by atoms with Crippen molar-refractivity contribution in [1.29, 1.82) is 0 Å². The fourth-order valence-corrected chi connectivity index (χ4v) is 4.07. The number of hydrogen-bond acceptors (Lipinski definition) is 6. The van der Waals surface area contributed by atoms with Gasteiger partial charge in [0.25, 0.3) is 0 Å². The molecule has 0 heterocycles. The highest BCUT2D eigenvalue weighted by atomic mass is 16.4. The van der Waals surface area contributed by atoms with Crippen LogP contribution in [0, 0.1) is 11.8 Å². The van der Waals surface area contributed by atoms with Gasteiger partial charge in [-0.15, -0.1) is 0 Å². The third kappa shape index (κ3) is 6.81. The SMILES string of the molecule is N[C@@H](CCc1ccccc1)C(=O)NC[C@@H]1CC[C@@H](CCB(O)O)C[C@]1(N)C(=O)O. The van der Waals surface area contributed by atoms with E-state index in [4.69, 9.17) is 21.5 Å². The van der Waals surface area contributed by atoms with Gasteiger partial charge in [0.1, 0.15) is 5.54 Å². The topological polar surface area (TPSA) is 159 Å². The number of amides is 1. The van der Waals surface area contributed by atoms with Gasteiger partial charge in [0, 0.05) is 12.5 Å². The van der Waals surface area contributed by atoms with Gasteiger partial charge in [-0.25, -0.2) is 0 Å². The van der Waals surface area contributed by atoms with Crippen LogP contribution in [-0.2, 0) is 16.0 Å². The molecule has 1 saturated carbocycles. The molecule has 0 saturated heterocycles. The number of nitrogens with two attached hydrogens (primary N) is 2. The second kappa shape index (κ2) is 10.7. The number of aryl methyl sites for hydroxylation is 1. The molecule has 1 aliphatic rings. The van der Waals surface area contributed by atoms with Gasteiger partial charge in [0.05, 0.1) is 6.04 Å². The first kappa shape index (κ1) is 23.3. The maximum absolute atomic E-state index is 12.3. The minimum absolute atomic E-state index is 0.0120. The van der Waals surface area contributed by atoms with E-state index in [1.165, 1.54) is 0 Å². The van der Waals surface area contributed by atoms with Gasteiger partial charge in [-0.3, -0.25) is 9.59 Å². The van der Waals surface area contributed by atoms with Crippen LogP contribution in [0.25, 0.3) is 0 Å². The lowest BCUT2D eigenvalue weighted by Gasteiger charge is -2.41. The zero-order valence-electron chi connectivity index (χ0n) is 16.7. The first-order chi connectivity index (χ1) is 13.7. The van der Waals surface area contributed by atoms with Crippen LogP contribution >= 0.6 is 0 Å². The van der Waals surface area contributed by atoms with E-state index in [1.807, 2.05) is 30.3 Å². The van der Waals surface area contributed by atoms with Crippen LogP contribution in [0.3, 0.4) is 0 Å². The van der Waals surface area contributed by atoms with Crippen molar-refractivity contribution in [2.45, 2.75) is 56.4 Å². The molecule has 8 nitrogen and oxygen atoms in total. The number of rotatable bonds is 10. The molecular weight excluding hydrogens is 373 g/mol. The quantitative estimate of drug-likeness (QED) is 0.302. The smallest absolute Gasteiger partial charge is 0.451 e. The Morgan fingerprint density at radius 2 is 1.93 bits per heavy atom. The maximum Gasteiger partial charge on any atom is 0.451 e. The van der Waals surface area contributed by atoms with Crippen molar-refractivity contribution in [1.82, 2.24) is 5.32 Å². The summed E-state index contributed by atoms with van der Waals surface area (Å²) in [4.78, 5) is 24.2. The highest BCUT2D eigenvalue weighted by Crippen LogP contribution is 2.38. The summed E-state index contributed by atoms with van der Waals surface area (Å²) in [6, 6.07) is 9.09. The number of nitrogens with one attached hydrogen (secondary N) is 1. The summed E-state index contributed by atoms with van der Waals surface area (Å²) in [5, 5.41) is 30.5. The molecule has 8 N–H and O–H groups in total. The molecule has 4 atom stereocenters. The Morgan fingerprint density at radius 3 is 2.55 bits per heavy atom. The van der Waals surface area contributed by atoms with Gasteiger partial charge in [-0.05, 0) is 49.9 Å². The number of carbonyl (C=O) groups is 2. The minimum atomic E-state index is -1.45. The van der Waals surface area contributed by atoms with Crippen molar-refractivity contribution in [3.63, 3.8) is 0 Å². The Labute approximate surface area is 171 Å². The molecule has 0 aromatic heterocycles. The van der Waals surface area contributed by atoms with E-state index in [1.54, 1.807) is 0 Å².